The summed E-state index contributed by atoms with van der Waals surface area (Å²) in [7, 11) is 0. The maximum absolute atomic E-state index is 12.8. The molecule has 3 heterocycles. The van der Waals surface area contributed by atoms with Gasteiger partial charge in [0, 0.05) is 33.6 Å². The predicted molar refractivity (Wildman–Crippen MR) is 115 cm³/mol. The molecule has 4 aromatic rings. The van der Waals surface area contributed by atoms with E-state index in [9.17, 15) is 4.79 Å². The lowest BCUT2D eigenvalue weighted by Crippen LogP contribution is -2.43. The number of nitrogens with zero attached hydrogens (tertiary/aromatic N) is 2. The van der Waals surface area contributed by atoms with E-state index in [0.29, 0.717) is 12.1 Å². The summed E-state index contributed by atoms with van der Waals surface area (Å²) in [5.74, 6) is 0.646. The molecule has 1 aromatic carbocycles. The van der Waals surface area contributed by atoms with Crippen LogP contribution < -0.4 is 5.32 Å². The van der Waals surface area contributed by atoms with Crippen LogP contribution >= 0.6 is 0 Å². The summed E-state index contributed by atoms with van der Waals surface area (Å²) in [4.78, 5) is 20.7. The maximum atomic E-state index is 12.8. The van der Waals surface area contributed by atoms with E-state index < -0.39 is 0 Å². The van der Waals surface area contributed by atoms with Crippen molar-refractivity contribution in [2.45, 2.75) is 38.1 Å². The topological polar surface area (TPSA) is 86.5 Å². The highest BCUT2D eigenvalue weighted by molar-refractivity contribution is 6.01. The predicted octanol–water partition coefficient (Wildman–Crippen LogP) is 4.11. The van der Waals surface area contributed by atoms with E-state index in [1.54, 1.807) is 6.20 Å². The average molecular weight is 397 g/mol. The number of aromatic amines is 2. The summed E-state index contributed by atoms with van der Waals surface area (Å²) < 4.78 is 0. The fraction of sp³-hybridized carbons (Fsp3) is 0.292. The third-order valence-electron chi connectivity index (χ3n) is 6.72. The minimum Gasteiger partial charge on any atom is -0.353 e. The van der Waals surface area contributed by atoms with Gasteiger partial charge in [-0.2, -0.15) is 5.10 Å². The van der Waals surface area contributed by atoms with Gasteiger partial charge < -0.3 is 10.3 Å². The SMILES string of the molecule is CC1CC2(Cc3cn[nH]c3-c3[nH]c4ccc(C(=O)NCc5ccccn5)cc4c32)C1. The molecule has 3 N–H and O–H groups in total. The van der Waals surface area contributed by atoms with E-state index >= 15 is 0 Å². The van der Waals surface area contributed by atoms with Gasteiger partial charge in [0.1, 0.15) is 0 Å². The first kappa shape index (κ1) is 17.4. The fourth-order valence-electron chi connectivity index (χ4n) is 5.58. The van der Waals surface area contributed by atoms with Crippen molar-refractivity contribution in [3.63, 3.8) is 0 Å². The molecule has 6 nitrogen and oxygen atoms in total. The Kier molecular flexibility index (Phi) is 3.66. The quantitative estimate of drug-likeness (QED) is 0.486. The van der Waals surface area contributed by atoms with Crippen LogP contribution in [-0.4, -0.2) is 26.1 Å². The van der Waals surface area contributed by atoms with Gasteiger partial charge in [-0.1, -0.05) is 13.0 Å². The standard InChI is InChI=1S/C24H23N5O/c1-14-9-24(10-14)11-16-12-27-29-21(16)22-20(24)18-8-15(5-6-19(18)28-22)23(30)26-13-17-4-2-3-7-25-17/h2-8,12,14,28H,9-11,13H2,1H3,(H,26,30)(H,27,29). The summed E-state index contributed by atoms with van der Waals surface area (Å²) in [5.41, 5.74) is 7.61. The Hall–Kier alpha value is -3.41. The van der Waals surface area contributed by atoms with Crippen molar-refractivity contribution in [1.82, 2.24) is 25.5 Å². The molecule has 30 heavy (non-hydrogen) atoms. The molecule has 0 bridgehead atoms. The smallest absolute Gasteiger partial charge is 0.251 e. The van der Waals surface area contributed by atoms with Crippen LogP contribution in [-0.2, 0) is 18.4 Å². The third kappa shape index (κ3) is 2.53. The minimum atomic E-state index is -0.0773. The average Bonchev–Trinajstić information content (AvgIpc) is 3.35. The monoisotopic (exact) mass is 397 g/mol. The minimum absolute atomic E-state index is 0.0773. The molecular weight excluding hydrogens is 374 g/mol. The van der Waals surface area contributed by atoms with Gasteiger partial charge in [-0.25, -0.2) is 0 Å². The largest absolute Gasteiger partial charge is 0.353 e. The van der Waals surface area contributed by atoms with Gasteiger partial charge in [0.25, 0.3) is 5.91 Å². The number of carbonyl (C=O) groups is 1. The molecule has 2 aliphatic rings. The molecule has 1 saturated carbocycles. The highest BCUT2D eigenvalue weighted by atomic mass is 16.1. The number of fused-ring (bicyclic) bond motifs is 6. The molecule has 1 fully saturated rings. The van der Waals surface area contributed by atoms with Crippen LogP contribution in [0.15, 0.2) is 48.8 Å². The highest BCUT2D eigenvalue weighted by Crippen LogP contribution is 2.57. The molecule has 0 atom stereocenters. The molecule has 150 valence electrons. The number of hydrogen-bond donors (Lipinski definition) is 3. The number of H-pyrrole nitrogens is 2. The van der Waals surface area contributed by atoms with Crippen LogP contribution in [0.5, 0.6) is 0 Å². The lowest BCUT2D eigenvalue weighted by molar-refractivity contribution is 0.0950. The number of hydrogen-bond acceptors (Lipinski definition) is 3. The molecular formula is C24H23N5O. The molecule has 6 rings (SSSR count). The Bertz CT molecular complexity index is 1260. The van der Waals surface area contributed by atoms with E-state index in [2.05, 4.69) is 32.4 Å². The number of rotatable bonds is 3. The van der Waals surface area contributed by atoms with Gasteiger partial charge in [0.05, 0.1) is 29.8 Å². The fourth-order valence-corrected chi connectivity index (χ4v) is 5.58. The molecule has 1 spiro atoms. The first-order chi connectivity index (χ1) is 14.6. The zero-order valence-electron chi connectivity index (χ0n) is 16.8. The summed E-state index contributed by atoms with van der Waals surface area (Å²) in [5, 5.41) is 11.6. The zero-order valence-corrected chi connectivity index (χ0v) is 16.8. The molecule has 3 aromatic heterocycles. The zero-order chi connectivity index (χ0) is 20.3. The van der Waals surface area contributed by atoms with Crippen LogP contribution in [0.4, 0.5) is 0 Å². The van der Waals surface area contributed by atoms with Gasteiger partial charge in [-0.05, 0) is 61.1 Å². The number of nitrogens with one attached hydrogen (secondary N) is 3. The molecule has 0 aliphatic heterocycles. The summed E-state index contributed by atoms with van der Waals surface area (Å²) in [6.07, 6.45) is 7.06. The number of amides is 1. The van der Waals surface area contributed by atoms with Crippen LogP contribution in [0.2, 0.25) is 0 Å². The Morgan fingerprint density at radius 1 is 1.23 bits per heavy atom. The van der Waals surface area contributed by atoms with Crippen LogP contribution in [0.25, 0.3) is 22.3 Å². The van der Waals surface area contributed by atoms with Crippen molar-refractivity contribution >= 4 is 16.8 Å². The first-order valence-corrected chi connectivity index (χ1v) is 10.5. The number of aromatic nitrogens is 4. The van der Waals surface area contributed by atoms with Crippen LogP contribution in [0.1, 0.15) is 46.9 Å². The second-order valence-corrected chi connectivity index (χ2v) is 8.88. The normalized spacial score (nSPS) is 21.8. The molecule has 1 amide bonds. The van der Waals surface area contributed by atoms with Crippen molar-refractivity contribution < 1.29 is 4.79 Å². The van der Waals surface area contributed by atoms with Gasteiger partial charge in [0.2, 0.25) is 0 Å². The van der Waals surface area contributed by atoms with Crippen molar-refractivity contribution in [1.29, 1.82) is 0 Å². The maximum Gasteiger partial charge on any atom is 0.251 e. The molecule has 0 unspecified atom stereocenters. The number of benzene rings is 1. The van der Waals surface area contributed by atoms with Gasteiger partial charge in [-0.3, -0.25) is 14.9 Å². The van der Waals surface area contributed by atoms with Crippen LogP contribution in [0, 0.1) is 5.92 Å². The van der Waals surface area contributed by atoms with E-state index in [4.69, 9.17) is 0 Å². The van der Waals surface area contributed by atoms with E-state index in [1.165, 1.54) is 24.0 Å². The van der Waals surface area contributed by atoms with Gasteiger partial charge >= 0.3 is 0 Å². The first-order valence-electron chi connectivity index (χ1n) is 10.5. The van der Waals surface area contributed by atoms with Crippen LogP contribution in [0.3, 0.4) is 0 Å². The van der Waals surface area contributed by atoms with E-state index in [-0.39, 0.29) is 11.3 Å². The third-order valence-corrected chi connectivity index (χ3v) is 6.72. The summed E-state index contributed by atoms with van der Waals surface area (Å²) >= 11 is 0. The van der Waals surface area contributed by atoms with E-state index in [1.807, 2.05) is 42.6 Å². The lowest BCUT2D eigenvalue weighted by atomic mass is 9.54. The van der Waals surface area contributed by atoms with Crippen molar-refractivity contribution in [3.05, 3.63) is 71.2 Å². The highest BCUT2D eigenvalue weighted by Gasteiger charge is 2.49. The lowest BCUT2D eigenvalue weighted by Gasteiger charge is -2.49. The second-order valence-electron chi connectivity index (χ2n) is 8.88. The molecule has 6 heteroatoms. The van der Waals surface area contributed by atoms with Crippen molar-refractivity contribution in [2.75, 3.05) is 0 Å². The number of pyridine rings is 1. The molecule has 0 radical (unpaired) electrons. The van der Waals surface area contributed by atoms with E-state index in [0.717, 1.165) is 40.3 Å². The molecule has 0 saturated heterocycles. The van der Waals surface area contributed by atoms with Crippen molar-refractivity contribution in [3.8, 4) is 11.4 Å². The Balaban J connectivity index is 1.40. The number of carbonyl (C=O) groups excluding carboxylic acids is 1. The summed E-state index contributed by atoms with van der Waals surface area (Å²) in [6.45, 7) is 2.74. The second kappa shape index (κ2) is 6.29. The van der Waals surface area contributed by atoms with Crippen molar-refractivity contribution in [2.24, 2.45) is 5.92 Å². The molecule has 2 aliphatic carbocycles. The van der Waals surface area contributed by atoms with Gasteiger partial charge in [-0.15, -0.1) is 0 Å². The summed E-state index contributed by atoms with van der Waals surface area (Å²) in [6, 6.07) is 11.7. The Morgan fingerprint density at radius 3 is 2.93 bits per heavy atom. The Morgan fingerprint density at radius 2 is 2.13 bits per heavy atom. The van der Waals surface area contributed by atoms with Gasteiger partial charge in [0.15, 0.2) is 0 Å². The Labute approximate surface area is 174 Å².